The van der Waals surface area contributed by atoms with E-state index in [1.807, 2.05) is 24.3 Å². The van der Waals surface area contributed by atoms with Crippen LogP contribution in [0.15, 0.2) is 48.5 Å². The van der Waals surface area contributed by atoms with Gasteiger partial charge in [-0.15, -0.1) is 0 Å². The highest BCUT2D eigenvalue weighted by atomic mass is 35.5. The number of aliphatic hydroxyl groups excluding tert-OH is 1. The standard InChI is InChI=1S/C22H26ClNO4/c23-19-8-6-17(7-9-19)12-24(14-22-5-2-10-27-22)13-20(26)16-28-21-4-1-3-18(11-21)15-25/h1,3-4,6-9,11,15,20,22,26H,2,5,10,12-14,16H2. The molecule has 2 aromatic rings. The first-order valence-electron chi connectivity index (χ1n) is 9.57. The summed E-state index contributed by atoms with van der Waals surface area (Å²) in [5.74, 6) is 0.576. The molecule has 2 aromatic carbocycles. The van der Waals surface area contributed by atoms with Crippen LogP contribution in [0.1, 0.15) is 28.8 Å². The second-order valence-electron chi connectivity index (χ2n) is 7.11. The zero-order valence-electron chi connectivity index (χ0n) is 15.8. The van der Waals surface area contributed by atoms with Crippen LogP contribution in [-0.2, 0) is 11.3 Å². The minimum absolute atomic E-state index is 0.158. The molecule has 6 heteroatoms. The Morgan fingerprint density at radius 2 is 2.11 bits per heavy atom. The van der Waals surface area contributed by atoms with Gasteiger partial charge in [-0.05, 0) is 42.7 Å². The molecule has 0 spiro atoms. The first-order chi connectivity index (χ1) is 13.6. The number of aldehydes is 1. The van der Waals surface area contributed by atoms with Gasteiger partial charge in [0, 0.05) is 36.8 Å². The van der Waals surface area contributed by atoms with E-state index >= 15 is 0 Å². The first kappa shape index (κ1) is 20.8. The molecule has 1 N–H and O–H groups in total. The molecule has 0 aromatic heterocycles. The maximum absolute atomic E-state index is 10.9. The molecule has 1 heterocycles. The summed E-state index contributed by atoms with van der Waals surface area (Å²) in [6.07, 6.45) is 2.44. The van der Waals surface area contributed by atoms with E-state index in [4.69, 9.17) is 21.1 Å². The molecule has 2 atom stereocenters. The van der Waals surface area contributed by atoms with Gasteiger partial charge in [0.1, 0.15) is 24.7 Å². The predicted octanol–water partition coefficient (Wildman–Crippen LogP) is 3.57. The lowest BCUT2D eigenvalue weighted by atomic mass is 10.1. The van der Waals surface area contributed by atoms with Gasteiger partial charge in [-0.3, -0.25) is 9.69 Å². The van der Waals surface area contributed by atoms with Crippen LogP contribution >= 0.6 is 11.6 Å². The number of benzene rings is 2. The van der Waals surface area contributed by atoms with E-state index in [1.54, 1.807) is 24.3 Å². The molecule has 2 unspecified atom stereocenters. The smallest absolute Gasteiger partial charge is 0.150 e. The molecular weight excluding hydrogens is 378 g/mol. The topological polar surface area (TPSA) is 59.0 Å². The third-order valence-corrected chi connectivity index (χ3v) is 4.96. The normalized spacial score (nSPS) is 17.6. The van der Waals surface area contributed by atoms with E-state index < -0.39 is 6.10 Å². The summed E-state index contributed by atoms with van der Waals surface area (Å²) in [6.45, 7) is 2.90. The van der Waals surface area contributed by atoms with E-state index in [2.05, 4.69) is 4.90 Å². The van der Waals surface area contributed by atoms with Gasteiger partial charge in [-0.1, -0.05) is 35.9 Å². The fraction of sp³-hybridized carbons (Fsp3) is 0.409. The number of hydrogen-bond acceptors (Lipinski definition) is 5. The highest BCUT2D eigenvalue weighted by Gasteiger charge is 2.21. The van der Waals surface area contributed by atoms with E-state index in [0.29, 0.717) is 29.4 Å². The SMILES string of the molecule is O=Cc1cccc(OCC(O)CN(Cc2ccc(Cl)cc2)CC2CCCO2)c1. The Kier molecular flexibility index (Phi) is 7.86. The van der Waals surface area contributed by atoms with Crippen LogP contribution in [0.2, 0.25) is 5.02 Å². The van der Waals surface area contributed by atoms with Crippen molar-refractivity contribution < 1.29 is 19.4 Å². The molecule has 3 rings (SSSR count). The number of carbonyl (C=O) groups is 1. The van der Waals surface area contributed by atoms with Crippen LogP contribution in [0, 0.1) is 0 Å². The van der Waals surface area contributed by atoms with Crippen molar-refractivity contribution >= 4 is 17.9 Å². The van der Waals surface area contributed by atoms with Crippen molar-refractivity contribution in [2.75, 3.05) is 26.3 Å². The quantitative estimate of drug-likeness (QED) is 0.614. The van der Waals surface area contributed by atoms with E-state index in [1.165, 1.54) is 0 Å². The summed E-state index contributed by atoms with van der Waals surface area (Å²) in [6, 6.07) is 14.7. The third kappa shape index (κ3) is 6.60. The van der Waals surface area contributed by atoms with Gasteiger partial charge in [-0.25, -0.2) is 0 Å². The molecule has 0 radical (unpaired) electrons. The second kappa shape index (κ2) is 10.6. The van der Waals surface area contributed by atoms with Crippen LogP contribution in [0.3, 0.4) is 0 Å². The van der Waals surface area contributed by atoms with Gasteiger partial charge in [0.2, 0.25) is 0 Å². The van der Waals surface area contributed by atoms with Crippen LogP contribution in [0.25, 0.3) is 0 Å². The molecule has 5 nitrogen and oxygen atoms in total. The number of ether oxygens (including phenoxy) is 2. The lowest BCUT2D eigenvalue weighted by Crippen LogP contribution is -2.39. The minimum Gasteiger partial charge on any atom is -0.491 e. The zero-order valence-corrected chi connectivity index (χ0v) is 16.6. The predicted molar refractivity (Wildman–Crippen MR) is 109 cm³/mol. The van der Waals surface area contributed by atoms with Crippen molar-refractivity contribution in [1.82, 2.24) is 4.90 Å². The Balaban J connectivity index is 1.56. The van der Waals surface area contributed by atoms with E-state index in [0.717, 1.165) is 37.8 Å². The zero-order chi connectivity index (χ0) is 19.8. The Bertz CT molecular complexity index is 746. The molecule has 1 aliphatic heterocycles. The van der Waals surface area contributed by atoms with E-state index in [-0.39, 0.29) is 12.7 Å². The van der Waals surface area contributed by atoms with Gasteiger partial charge in [0.15, 0.2) is 0 Å². The fourth-order valence-electron chi connectivity index (χ4n) is 3.35. The molecule has 1 aliphatic rings. The molecular formula is C22H26ClNO4. The number of halogens is 1. The van der Waals surface area contributed by atoms with Gasteiger partial charge < -0.3 is 14.6 Å². The molecule has 0 amide bonds. The summed E-state index contributed by atoms with van der Waals surface area (Å²) >= 11 is 5.98. The third-order valence-electron chi connectivity index (χ3n) is 4.71. The van der Waals surface area contributed by atoms with Gasteiger partial charge >= 0.3 is 0 Å². The molecule has 0 aliphatic carbocycles. The van der Waals surface area contributed by atoms with Gasteiger partial charge in [0.25, 0.3) is 0 Å². The van der Waals surface area contributed by atoms with Crippen molar-refractivity contribution in [3.63, 3.8) is 0 Å². The van der Waals surface area contributed by atoms with Crippen molar-refractivity contribution in [3.8, 4) is 5.75 Å². The summed E-state index contributed by atoms with van der Waals surface area (Å²) < 4.78 is 11.4. The first-order valence-corrected chi connectivity index (χ1v) is 9.94. The van der Waals surface area contributed by atoms with Crippen LogP contribution in [0.4, 0.5) is 0 Å². The summed E-state index contributed by atoms with van der Waals surface area (Å²) in [4.78, 5) is 13.1. The summed E-state index contributed by atoms with van der Waals surface area (Å²) in [5, 5.41) is 11.2. The lowest BCUT2D eigenvalue weighted by molar-refractivity contribution is 0.0313. The molecule has 1 saturated heterocycles. The number of aliphatic hydroxyl groups is 1. The number of hydrogen-bond donors (Lipinski definition) is 1. The Labute approximate surface area is 170 Å². The maximum atomic E-state index is 10.9. The fourth-order valence-corrected chi connectivity index (χ4v) is 3.47. The largest absolute Gasteiger partial charge is 0.491 e. The Morgan fingerprint density at radius 1 is 1.29 bits per heavy atom. The minimum atomic E-state index is -0.659. The highest BCUT2D eigenvalue weighted by Crippen LogP contribution is 2.17. The lowest BCUT2D eigenvalue weighted by Gasteiger charge is -2.27. The van der Waals surface area contributed by atoms with Crippen LogP contribution < -0.4 is 4.74 Å². The maximum Gasteiger partial charge on any atom is 0.150 e. The van der Waals surface area contributed by atoms with Crippen molar-refractivity contribution in [3.05, 3.63) is 64.7 Å². The van der Waals surface area contributed by atoms with Crippen molar-refractivity contribution in [2.45, 2.75) is 31.6 Å². The summed E-state index contributed by atoms with van der Waals surface area (Å²) in [5.41, 5.74) is 1.68. The molecule has 28 heavy (non-hydrogen) atoms. The Hall–Kier alpha value is -1.92. The second-order valence-corrected chi connectivity index (χ2v) is 7.55. The number of carbonyl (C=O) groups excluding carboxylic acids is 1. The summed E-state index contributed by atoms with van der Waals surface area (Å²) in [7, 11) is 0. The highest BCUT2D eigenvalue weighted by molar-refractivity contribution is 6.30. The molecule has 1 fully saturated rings. The Morgan fingerprint density at radius 3 is 2.82 bits per heavy atom. The number of rotatable bonds is 10. The average molecular weight is 404 g/mol. The van der Waals surface area contributed by atoms with E-state index in [9.17, 15) is 9.90 Å². The van der Waals surface area contributed by atoms with Crippen LogP contribution in [-0.4, -0.2) is 54.8 Å². The monoisotopic (exact) mass is 403 g/mol. The average Bonchev–Trinajstić information content (AvgIpc) is 3.21. The van der Waals surface area contributed by atoms with Gasteiger partial charge in [0.05, 0.1) is 6.10 Å². The van der Waals surface area contributed by atoms with Gasteiger partial charge in [-0.2, -0.15) is 0 Å². The molecule has 150 valence electrons. The van der Waals surface area contributed by atoms with Crippen molar-refractivity contribution in [1.29, 1.82) is 0 Å². The number of nitrogens with zero attached hydrogens (tertiary/aromatic N) is 1. The molecule has 0 bridgehead atoms. The van der Waals surface area contributed by atoms with Crippen LogP contribution in [0.5, 0.6) is 5.75 Å². The molecule has 0 saturated carbocycles. The van der Waals surface area contributed by atoms with Crippen molar-refractivity contribution in [2.24, 2.45) is 0 Å².